The molecule has 0 aromatic heterocycles. The summed E-state index contributed by atoms with van der Waals surface area (Å²) in [5.74, 6) is 0.855. The standard InChI is InChI=1S/C21H21NO4S/c1-4-26-19-16(6-5-7-17(19)25-3)12-18-20(23)22(21(24)27-18)13-15-10-8-14(2)9-11-15/h5-12H,4,13H2,1-3H3/b18-12+. The lowest BCUT2D eigenvalue weighted by atomic mass is 10.1. The van der Waals surface area contributed by atoms with Gasteiger partial charge in [0.05, 0.1) is 25.2 Å². The van der Waals surface area contributed by atoms with E-state index in [0.29, 0.717) is 28.6 Å². The van der Waals surface area contributed by atoms with Crippen molar-refractivity contribution in [1.29, 1.82) is 0 Å². The molecule has 2 amide bonds. The highest BCUT2D eigenvalue weighted by atomic mass is 32.2. The number of aryl methyl sites for hydroxylation is 1. The summed E-state index contributed by atoms with van der Waals surface area (Å²) in [7, 11) is 1.57. The monoisotopic (exact) mass is 383 g/mol. The van der Waals surface area contributed by atoms with Crippen LogP contribution in [0.1, 0.15) is 23.6 Å². The number of carbonyl (C=O) groups is 2. The molecule has 1 saturated heterocycles. The minimum absolute atomic E-state index is 0.263. The number of hydrogen-bond donors (Lipinski definition) is 0. The molecule has 3 rings (SSSR count). The van der Waals surface area contributed by atoms with Crippen molar-refractivity contribution in [3.63, 3.8) is 0 Å². The van der Waals surface area contributed by atoms with Crippen molar-refractivity contribution in [3.05, 3.63) is 64.1 Å². The lowest BCUT2D eigenvalue weighted by Gasteiger charge is -2.13. The first-order valence-corrected chi connectivity index (χ1v) is 9.46. The second kappa shape index (κ2) is 8.31. The van der Waals surface area contributed by atoms with Crippen molar-refractivity contribution in [2.45, 2.75) is 20.4 Å². The van der Waals surface area contributed by atoms with Gasteiger partial charge in [-0.2, -0.15) is 0 Å². The zero-order valence-corrected chi connectivity index (χ0v) is 16.3. The molecule has 0 atom stereocenters. The van der Waals surface area contributed by atoms with E-state index in [4.69, 9.17) is 9.47 Å². The lowest BCUT2D eigenvalue weighted by molar-refractivity contribution is -0.123. The molecule has 5 nitrogen and oxygen atoms in total. The van der Waals surface area contributed by atoms with Crippen molar-refractivity contribution in [2.75, 3.05) is 13.7 Å². The van der Waals surface area contributed by atoms with Crippen LogP contribution < -0.4 is 9.47 Å². The Morgan fingerprint density at radius 1 is 1.11 bits per heavy atom. The normalized spacial score (nSPS) is 15.5. The maximum Gasteiger partial charge on any atom is 0.293 e. The zero-order chi connectivity index (χ0) is 19.4. The number of nitrogens with zero attached hydrogens (tertiary/aromatic N) is 1. The van der Waals surface area contributed by atoms with Gasteiger partial charge in [0.2, 0.25) is 0 Å². The van der Waals surface area contributed by atoms with Crippen LogP contribution in [0.2, 0.25) is 0 Å². The van der Waals surface area contributed by atoms with Gasteiger partial charge in [0.25, 0.3) is 11.1 Å². The van der Waals surface area contributed by atoms with Crippen LogP contribution in [0.5, 0.6) is 11.5 Å². The number of para-hydroxylation sites is 1. The Kier molecular flexibility index (Phi) is 5.86. The minimum Gasteiger partial charge on any atom is -0.493 e. The molecule has 0 spiro atoms. The molecular formula is C21H21NO4S. The van der Waals surface area contributed by atoms with Crippen LogP contribution in [0.4, 0.5) is 4.79 Å². The van der Waals surface area contributed by atoms with Crippen molar-refractivity contribution in [1.82, 2.24) is 4.90 Å². The van der Waals surface area contributed by atoms with Crippen molar-refractivity contribution < 1.29 is 19.1 Å². The number of rotatable bonds is 6. The highest BCUT2D eigenvalue weighted by Crippen LogP contribution is 2.37. The number of hydrogen-bond acceptors (Lipinski definition) is 5. The molecule has 0 bridgehead atoms. The number of thioether (sulfide) groups is 1. The van der Waals surface area contributed by atoms with Crippen LogP contribution in [0.15, 0.2) is 47.4 Å². The average Bonchev–Trinajstić information content (AvgIpc) is 2.92. The van der Waals surface area contributed by atoms with Crippen molar-refractivity contribution >= 4 is 29.0 Å². The summed E-state index contributed by atoms with van der Waals surface area (Å²) in [5.41, 5.74) is 2.76. The number of benzene rings is 2. The smallest absolute Gasteiger partial charge is 0.293 e. The molecule has 0 unspecified atom stereocenters. The molecule has 6 heteroatoms. The maximum absolute atomic E-state index is 12.8. The second-order valence-corrected chi connectivity index (χ2v) is 7.06. The molecule has 0 N–H and O–H groups in total. The SMILES string of the molecule is CCOc1c(/C=C2/SC(=O)N(Cc3ccc(C)cc3)C2=O)cccc1OC. The third-order valence-corrected chi connectivity index (χ3v) is 5.05. The van der Waals surface area contributed by atoms with E-state index in [0.717, 1.165) is 22.9 Å². The molecule has 0 radical (unpaired) electrons. The summed E-state index contributed by atoms with van der Waals surface area (Å²) in [4.78, 5) is 26.8. The molecular weight excluding hydrogens is 362 g/mol. The molecule has 1 aliphatic heterocycles. The zero-order valence-electron chi connectivity index (χ0n) is 15.5. The Morgan fingerprint density at radius 2 is 1.85 bits per heavy atom. The van der Waals surface area contributed by atoms with Gasteiger partial charge < -0.3 is 9.47 Å². The fourth-order valence-corrected chi connectivity index (χ4v) is 3.59. The van der Waals surface area contributed by atoms with Gasteiger partial charge in [-0.15, -0.1) is 0 Å². The number of methoxy groups -OCH3 is 1. The first kappa shape index (κ1) is 19.0. The van der Waals surface area contributed by atoms with E-state index in [1.807, 2.05) is 50.2 Å². The summed E-state index contributed by atoms with van der Waals surface area (Å²) in [6.45, 7) is 4.61. The predicted molar refractivity (Wildman–Crippen MR) is 107 cm³/mol. The average molecular weight is 383 g/mol. The van der Waals surface area contributed by atoms with Gasteiger partial charge in [0.1, 0.15) is 0 Å². The number of carbonyl (C=O) groups excluding carboxylic acids is 2. The molecule has 1 heterocycles. The summed E-state index contributed by atoms with van der Waals surface area (Å²) < 4.78 is 11.0. The molecule has 1 fully saturated rings. The van der Waals surface area contributed by atoms with Crippen molar-refractivity contribution in [3.8, 4) is 11.5 Å². The van der Waals surface area contributed by atoms with Gasteiger partial charge in [-0.05, 0) is 43.3 Å². The van der Waals surface area contributed by atoms with Crippen LogP contribution in [-0.4, -0.2) is 29.8 Å². The summed E-state index contributed by atoms with van der Waals surface area (Å²) in [6.07, 6.45) is 1.69. The summed E-state index contributed by atoms with van der Waals surface area (Å²) in [5, 5.41) is -0.271. The molecule has 2 aromatic carbocycles. The molecule has 0 saturated carbocycles. The van der Waals surface area contributed by atoms with E-state index in [2.05, 4.69) is 0 Å². The Morgan fingerprint density at radius 3 is 2.52 bits per heavy atom. The third-order valence-electron chi connectivity index (χ3n) is 4.14. The van der Waals surface area contributed by atoms with Crippen LogP contribution in [-0.2, 0) is 11.3 Å². The summed E-state index contributed by atoms with van der Waals surface area (Å²) >= 11 is 0.941. The van der Waals surface area contributed by atoms with E-state index in [1.165, 1.54) is 4.90 Å². The van der Waals surface area contributed by atoms with E-state index in [1.54, 1.807) is 19.3 Å². The maximum atomic E-state index is 12.8. The van der Waals surface area contributed by atoms with E-state index in [9.17, 15) is 9.59 Å². The molecule has 0 aliphatic carbocycles. The molecule has 1 aliphatic rings. The number of amides is 2. The topological polar surface area (TPSA) is 55.8 Å². The first-order chi connectivity index (χ1) is 13.0. The number of imide groups is 1. The van der Waals surface area contributed by atoms with Crippen LogP contribution in [0.25, 0.3) is 6.08 Å². The fraction of sp³-hybridized carbons (Fsp3) is 0.238. The largest absolute Gasteiger partial charge is 0.493 e. The Bertz CT molecular complexity index is 890. The molecule has 27 heavy (non-hydrogen) atoms. The highest BCUT2D eigenvalue weighted by molar-refractivity contribution is 8.18. The fourth-order valence-electron chi connectivity index (χ4n) is 2.76. The van der Waals surface area contributed by atoms with Gasteiger partial charge in [-0.3, -0.25) is 14.5 Å². The van der Waals surface area contributed by atoms with E-state index in [-0.39, 0.29) is 17.7 Å². The quantitative estimate of drug-likeness (QED) is 0.680. The third kappa shape index (κ3) is 4.17. The van der Waals surface area contributed by atoms with Crippen molar-refractivity contribution in [2.24, 2.45) is 0 Å². The molecule has 2 aromatic rings. The second-order valence-electron chi connectivity index (χ2n) is 6.07. The highest BCUT2D eigenvalue weighted by Gasteiger charge is 2.35. The number of ether oxygens (including phenoxy) is 2. The van der Waals surface area contributed by atoms with Gasteiger partial charge in [-0.1, -0.05) is 42.0 Å². The molecule has 140 valence electrons. The summed E-state index contributed by atoms with van der Waals surface area (Å²) in [6, 6.07) is 13.2. The van der Waals surface area contributed by atoms with Crippen LogP contribution in [0.3, 0.4) is 0 Å². The van der Waals surface area contributed by atoms with Gasteiger partial charge in [-0.25, -0.2) is 0 Å². The minimum atomic E-state index is -0.296. The van der Waals surface area contributed by atoms with E-state index < -0.39 is 0 Å². The lowest BCUT2D eigenvalue weighted by Crippen LogP contribution is -2.27. The van der Waals surface area contributed by atoms with E-state index >= 15 is 0 Å². The van der Waals surface area contributed by atoms with Gasteiger partial charge in [0, 0.05) is 5.56 Å². The van der Waals surface area contributed by atoms with Crippen LogP contribution in [0, 0.1) is 6.92 Å². The Balaban J connectivity index is 1.87. The Labute approximate surface area is 163 Å². The Hall–Kier alpha value is -2.73. The predicted octanol–water partition coefficient (Wildman–Crippen LogP) is 4.64. The first-order valence-electron chi connectivity index (χ1n) is 8.64. The van der Waals surface area contributed by atoms with Gasteiger partial charge >= 0.3 is 0 Å². The van der Waals surface area contributed by atoms with Crippen LogP contribution >= 0.6 is 11.8 Å². The van der Waals surface area contributed by atoms with Gasteiger partial charge in [0.15, 0.2) is 11.5 Å².